The van der Waals surface area contributed by atoms with Crippen LogP contribution in [0.3, 0.4) is 0 Å². The molecule has 9 heteroatoms. The molecule has 166 valence electrons. The Bertz CT molecular complexity index is 1250. The Labute approximate surface area is 189 Å². The minimum atomic E-state index is -0.421. The van der Waals surface area contributed by atoms with Crippen LogP contribution in [0.15, 0.2) is 53.8 Å². The quantitative estimate of drug-likeness (QED) is 0.311. The molecule has 4 rings (SSSR count). The second-order valence-corrected chi connectivity index (χ2v) is 8.14. The molecule has 8 nitrogen and oxygen atoms in total. The summed E-state index contributed by atoms with van der Waals surface area (Å²) in [6.45, 7) is 1.93. The smallest absolute Gasteiger partial charge is 0.319 e. The van der Waals surface area contributed by atoms with E-state index < -0.39 is 5.25 Å². The Morgan fingerprint density at radius 3 is 2.66 bits per heavy atom. The van der Waals surface area contributed by atoms with E-state index in [9.17, 15) is 4.79 Å². The molecule has 0 spiro atoms. The highest BCUT2D eigenvalue weighted by Gasteiger charge is 2.26. The van der Waals surface area contributed by atoms with Crippen molar-refractivity contribution in [1.82, 2.24) is 19.7 Å². The lowest BCUT2D eigenvalue weighted by Gasteiger charge is -2.17. The maximum absolute atomic E-state index is 12.3. The molecule has 0 amide bonds. The Balaban J connectivity index is 1.95. The Hall–Kier alpha value is -3.46. The topological polar surface area (TPSA) is 91.3 Å². The van der Waals surface area contributed by atoms with Gasteiger partial charge in [-0.3, -0.25) is 9.36 Å². The zero-order chi connectivity index (χ0) is 22.7. The number of nitrogens with one attached hydrogen (secondary N) is 1. The summed E-state index contributed by atoms with van der Waals surface area (Å²) in [6.07, 6.45) is 2.49. The number of methoxy groups -OCH3 is 3. The van der Waals surface area contributed by atoms with Crippen molar-refractivity contribution in [2.75, 3.05) is 21.3 Å². The standard InChI is InChI=1S/C23H24N4O4S/c1-5-20(22(28)31-4)32-23-26-25-21(16-13-24-17-9-7-6-8-15(16)17)27(23)18-12-14(29-2)10-11-19(18)30-3/h6-13,20,24H,5H2,1-4H3. The zero-order valence-corrected chi connectivity index (χ0v) is 19.1. The summed E-state index contributed by atoms with van der Waals surface area (Å²) in [6, 6.07) is 13.5. The number of aromatic amines is 1. The van der Waals surface area contributed by atoms with Gasteiger partial charge in [-0.05, 0) is 24.6 Å². The van der Waals surface area contributed by atoms with Crippen molar-refractivity contribution in [2.45, 2.75) is 23.8 Å². The molecule has 2 aromatic heterocycles. The minimum Gasteiger partial charge on any atom is -0.497 e. The maximum atomic E-state index is 12.3. The van der Waals surface area contributed by atoms with Crippen LogP contribution in [-0.4, -0.2) is 52.3 Å². The van der Waals surface area contributed by atoms with Crippen LogP contribution in [0.2, 0.25) is 0 Å². The van der Waals surface area contributed by atoms with Gasteiger partial charge in [0, 0.05) is 28.7 Å². The summed E-state index contributed by atoms with van der Waals surface area (Å²) in [4.78, 5) is 15.6. The number of para-hydroxylation sites is 1. The van der Waals surface area contributed by atoms with Crippen molar-refractivity contribution in [3.63, 3.8) is 0 Å². The Morgan fingerprint density at radius 2 is 1.94 bits per heavy atom. The van der Waals surface area contributed by atoms with E-state index >= 15 is 0 Å². The molecule has 32 heavy (non-hydrogen) atoms. The van der Waals surface area contributed by atoms with Gasteiger partial charge in [0.2, 0.25) is 0 Å². The van der Waals surface area contributed by atoms with Crippen LogP contribution in [0.5, 0.6) is 11.5 Å². The van der Waals surface area contributed by atoms with Crippen LogP contribution >= 0.6 is 11.8 Å². The maximum Gasteiger partial charge on any atom is 0.319 e. The highest BCUT2D eigenvalue weighted by molar-refractivity contribution is 8.00. The number of rotatable bonds is 8. The molecule has 2 aromatic carbocycles. The van der Waals surface area contributed by atoms with Gasteiger partial charge in [0.1, 0.15) is 16.7 Å². The summed E-state index contributed by atoms with van der Waals surface area (Å²) in [5.74, 6) is 1.60. The number of H-pyrrole nitrogens is 1. The third-order valence-corrected chi connectivity index (χ3v) is 6.46. The third kappa shape index (κ3) is 3.91. The van der Waals surface area contributed by atoms with Gasteiger partial charge in [0.05, 0.1) is 27.0 Å². The SMILES string of the molecule is CCC(Sc1nnc(-c2c[nH]c3ccccc23)n1-c1cc(OC)ccc1OC)C(=O)OC. The molecule has 0 bridgehead atoms. The highest BCUT2D eigenvalue weighted by atomic mass is 32.2. The predicted molar refractivity (Wildman–Crippen MR) is 124 cm³/mol. The third-order valence-electron chi connectivity index (χ3n) is 5.17. The average molecular weight is 453 g/mol. The summed E-state index contributed by atoms with van der Waals surface area (Å²) in [7, 11) is 4.61. The minimum absolute atomic E-state index is 0.307. The van der Waals surface area contributed by atoms with Gasteiger partial charge < -0.3 is 19.2 Å². The number of hydrogen-bond donors (Lipinski definition) is 1. The van der Waals surface area contributed by atoms with Crippen molar-refractivity contribution >= 4 is 28.6 Å². The van der Waals surface area contributed by atoms with Crippen molar-refractivity contribution in [2.24, 2.45) is 0 Å². The lowest BCUT2D eigenvalue weighted by molar-refractivity contribution is -0.140. The van der Waals surface area contributed by atoms with Crippen LogP contribution in [-0.2, 0) is 9.53 Å². The molecular weight excluding hydrogens is 428 g/mol. The fraction of sp³-hybridized carbons (Fsp3) is 0.261. The molecule has 0 saturated heterocycles. The highest BCUT2D eigenvalue weighted by Crippen LogP contribution is 2.38. The van der Waals surface area contributed by atoms with E-state index in [0.717, 1.165) is 16.5 Å². The van der Waals surface area contributed by atoms with Crippen molar-refractivity contribution < 1.29 is 19.0 Å². The molecule has 2 heterocycles. The Morgan fingerprint density at radius 1 is 1.12 bits per heavy atom. The van der Waals surface area contributed by atoms with Gasteiger partial charge in [0.25, 0.3) is 0 Å². The molecule has 0 radical (unpaired) electrons. The molecule has 0 aliphatic heterocycles. The first-order valence-electron chi connectivity index (χ1n) is 10.1. The number of fused-ring (bicyclic) bond motifs is 1. The van der Waals surface area contributed by atoms with Crippen molar-refractivity contribution in [3.8, 4) is 28.6 Å². The lowest BCUT2D eigenvalue weighted by atomic mass is 10.1. The van der Waals surface area contributed by atoms with E-state index in [1.165, 1.54) is 18.9 Å². The van der Waals surface area contributed by atoms with Crippen LogP contribution in [0, 0.1) is 0 Å². The number of aromatic nitrogens is 4. The first-order valence-corrected chi connectivity index (χ1v) is 11.0. The zero-order valence-electron chi connectivity index (χ0n) is 18.3. The van der Waals surface area contributed by atoms with Gasteiger partial charge in [0.15, 0.2) is 11.0 Å². The summed E-state index contributed by atoms with van der Waals surface area (Å²) >= 11 is 1.31. The fourth-order valence-corrected chi connectivity index (χ4v) is 4.51. The molecule has 0 saturated carbocycles. The van der Waals surface area contributed by atoms with Gasteiger partial charge in [-0.2, -0.15) is 0 Å². The molecule has 0 fully saturated rings. The van der Waals surface area contributed by atoms with Crippen LogP contribution in [0.4, 0.5) is 0 Å². The molecule has 1 atom stereocenters. The molecule has 1 N–H and O–H groups in total. The predicted octanol–water partition coefficient (Wildman–Crippen LogP) is 4.48. The van der Waals surface area contributed by atoms with Crippen LogP contribution in [0.25, 0.3) is 28.0 Å². The van der Waals surface area contributed by atoms with E-state index in [4.69, 9.17) is 14.2 Å². The largest absolute Gasteiger partial charge is 0.497 e. The normalized spacial score (nSPS) is 12.0. The summed E-state index contributed by atoms with van der Waals surface area (Å²) < 4.78 is 18.0. The fourth-order valence-electron chi connectivity index (χ4n) is 3.52. The van der Waals surface area contributed by atoms with Gasteiger partial charge in [-0.1, -0.05) is 36.9 Å². The number of carbonyl (C=O) groups excluding carboxylic acids is 1. The molecule has 0 aliphatic rings. The van der Waals surface area contributed by atoms with Gasteiger partial charge in [-0.25, -0.2) is 0 Å². The second kappa shape index (κ2) is 9.35. The van der Waals surface area contributed by atoms with E-state index in [1.807, 2.05) is 60.2 Å². The summed E-state index contributed by atoms with van der Waals surface area (Å²) in [5.41, 5.74) is 2.58. The Kier molecular flexibility index (Phi) is 6.36. The average Bonchev–Trinajstić information content (AvgIpc) is 3.45. The monoisotopic (exact) mass is 452 g/mol. The van der Waals surface area contributed by atoms with E-state index in [0.29, 0.717) is 34.6 Å². The van der Waals surface area contributed by atoms with Gasteiger partial charge in [-0.15, -0.1) is 10.2 Å². The number of hydrogen-bond acceptors (Lipinski definition) is 7. The lowest BCUT2D eigenvalue weighted by Crippen LogP contribution is -2.18. The summed E-state index contributed by atoms with van der Waals surface area (Å²) in [5, 5.41) is 10.1. The number of ether oxygens (including phenoxy) is 3. The molecule has 1 unspecified atom stereocenters. The number of esters is 1. The van der Waals surface area contributed by atoms with E-state index in [-0.39, 0.29) is 5.97 Å². The van der Waals surface area contributed by atoms with E-state index in [1.54, 1.807) is 14.2 Å². The first-order chi connectivity index (χ1) is 15.6. The van der Waals surface area contributed by atoms with Gasteiger partial charge >= 0.3 is 5.97 Å². The number of benzene rings is 2. The number of carbonyl (C=O) groups is 1. The molecule has 0 aliphatic carbocycles. The number of thioether (sulfide) groups is 1. The van der Waals surface area contributed by atoms with Crippen molar-refractivity contribution in [1.29, 1.82) is 0 Å². The number of nitrogens with zero attached hydrogens (tertiary/aromatic N) is 3. The van der Waals surface area contributed by atoms with Crippen LogP contribution < -0.4 is 9.47 Å². The van der Waals surface area contributed by atoms with Crippen LogP contribution in [0.1, 0.15) is 13.3 Å². The van der Waals surface area contributed by atoms with Crippen molar-refractivity contribution in [3.05, 3.63) is 48.7 Å². The second-order valence-electron chi connectivity index (χ2n) is 6.97. The molecule has 4 aromatic rings. The molecular formula is C23H24N4O4S. The van der Waals surface area contributed by atoms with E-state index in [2.05, 4.69) is 15.2 Å². The first kappa shape index (κ1) is 21.8.